The molecule has 0 spiro atoms. The van der Waals surface area contributed by atoms with Gasteiger partial charge in [0, 0.05) is 11.6 Å². The van der Waals surface area contributed by atoms with E-state index in [1.54, 1.807) is 55.5 Å². The van der Waals surface area contributed by atoms with E-state index in [0.29, 0.717) is 21.6 Å². The third-order valence-corrected chi connectivity index (χ3v) is 7.88. The van der Waals surface area contributed by atoms with Gasteiger partial charge < -0.3 is 8.92 Å². The van der Waals surface area contributed by atoms with Crippen molar-refractivity contribution >= 4 is 32.8 Å². The third-order valence-electron chi connectivity index (χ3n) is 6.93. The first-order valence-electron chi connectivity index (χ1n) is 13.6. The van der Waals surface area contributed by atoms with Crippen molar-refractivity contribution in [3.05, 3.63) is 137 Å². The van der Waals surface area contributed by atoms with E-state index in [1.807, 2.05) is 0 Å². The van der Waals surface area contributed by atoms with Gasteiger partial charge in [-0.3, -0.25) is 19.5 Å². The molecule has 1 aliphatic heterocycles. The van der Waals surface area contributed by atoms with Crippen molar-refractivity contribution < 1.29 is 44.5 Å². The number of alkyl halides is 3. The monoisotopic (exact) mass is 652 g/mol. The summed E-state index contributed by atoms with van der Waals surface area (Å²) >= 11 is 0. The lowest BCUT2D eigenvalue weighted by Gasteiger charge is -2.24. The van der Waals surface area contributed by atoms with Crippen LogP contribution in [0.3, 0.4) is 0 Å². The highest BCUT2D eigenvalue weighted by atomic mass is 32.2. The summed E-state index contributed by atoms with van der Waals surface area (Å²) in [6.45, 7) is 5.08. The quantitative estimate of drug-likeness (QED) is 0.0587. The number of nitrogens with zero attached hydrogens (tertiary/aromatic N) is 2. The third kappa shape index (κ3) is 6.01. The zero-order valence-corrected chi connectivity index (χ0v) is 24.8. The number of pyridine rings is 1. The van der Waals surface area contributed by atoms with Crippen LogP contribution in [0.2, 0.25) is 0 Å². The van der Waals surface area contributed by atoms with Gasteiger partial charge in [0.15, 0.2) is 11.5 Å². The largest absolute Gasteiger partial charge is 0.534 e. The van der Waals surface area contributed by atoms with Crippen LogP contribution >= 0.6 is 0 Å². The van der Waals surface area contributed by atoms with Gasteiger partial charge in [-0.2, -0.15) is 21.6 Å². The average Bonchev–Trinajstić information content (AvgIpc) is 3.26. The highest BCUT2D eigenvalue weighted by Gasteiger charge is 2.51. The minimum atomic E-state index is -6.31. The molecule has 2 amide bonds. The zero-order valence-electron chi connectivity index (χ0n) is 24.0. The van der Waals surface area contributed by atoms with Gasteiger partial charge in [0.2, 0.25) is 0 Å². The van der Waals surface area contributed by atoms with Crippen LogP contribution in [0.5, 0.6) is 11.5 Å². The summed E-state index contributed by atoms with van der Waals surface area (Å²) in [6, 6.07) is 16.0. The van der Waals surface area contributed by atoms with E-state index in [1.165, 1.54) is 36.5 Å². The molecule has 8 nitrogen and oxygen atoms in total. The number of ether oxygens (including phenoxy) is 1. The van der Waals surface area contributed by atoms with E-state index in [4.69, 9.17) is 4.74 Å². The fraction of sp³-hybridized carbons (Fsp3) is 0.121. The van der Waals surface area contributed by atoms with E-state index in [2.05, 4.69) is 15.7 Å². The van der Waals surface area contributed by atoms with Gasteiger partial charge in [0.05, 0.1) is 6.54 Å². The molecule has 0 saturated carbocycles. The fourth-order valence-electron chi connectivity index (χ4n) is 4.93. The van der Waals surface area contributed by atoms with Crippen molar-refractivity contribution in [2.45, 2.75) is 25.1 Å². The lowest BCUT2D eigenvalue weighted by molar-refractivity contribution is -0.0499. The standard InChI is InChI=1S/C33H24F4N2O6S/c1-3-9-21(10-4-2)28(22-11-6-5-7-12-22)44-30-26-25(31(40)39(32(26)41)19-20-14-16-23(34)17-15-20)29(24-13-8-18-38-27(24)30)45-46(42,43)33(35,36)37/h3-18,28H,1,19H2,2H3/b10-4-,21-9+. The second-order valence-electron chi connectivity index (χ2n) is 9.92. The van der Waals surface area contributed by atoms with Crippen molar-refractivity contribution in [1.82, 2.24) is 9.88 Å². The molecule has 1 atom stereocenters. The van der Waals surface area contributed by atoms with Crippen LogP contribution in [0.15, 0.2) is 109 Å². The fourth-order valence-corrected chi connectivity index (χ4v) is 5.41. The number of hydrogen-bond donors (Lipinski definition) is 0. The van der Waals surface area contributed by atoms with Gasteiger partial charge in [-0.1, -0.05) is 73.3 Å². The Kier molecular flexibility index (Phi) is 8.79. The second kappa shape index (κ2) is 12.6. The number of aromatic nitrogens is 1. The van der Waals surface area contributed by atoms with Crippen molar-refractivity contribution in [2.75, 3.05) is 0 Å². The Morgan fingerprint density at radius 2 is 1.63 bits per heavy atom. The first-order valence-corrected chi connectivity index (χ1v) is 15.0. The maximum Gasteiger partial charge on any atom is 0.534 e. The van der Waals surface area contributed by atoms with E-state index in [9.17, 15) is 35.6 Å². The molecule has 0 saturated heterocycles. The Balaban J connectivity index is 1.80. The number of carbonyl (C=O) groups excluding carboxylic acids is 2. The van der Waals surface area contributed by atoms with E-state index >= 15 is 0 Å². The molecule has 3 aromatic carbocycles. The SMILES string of the molecule is C=C/C=C(\C=C/C)C(Oc1c2c(c(OS(=O)(=O)C(F)(F)F)c3cccnc13)C(=O)N(Cc1ccc(F)cc1)C2=O)c1ccccc1. The smallest absolute Gasteiger partial charge is 0.478 e. The minimum Gasteiger partial charge on any atom is -0.478 e. The van der Waals surface area contributed by atoms with Gasteiger partial charge in [-0.25, -0.2) is 4.39 Å². The average molecular weight is 653 g/mol. The molecule has 1 aromatic heterocycles. The van der Waals surface area contributed by atoms with Gasteiger partial charge >= 0.3 is 15.6 Å². The summed E-state index contributed by atoms with van der Waals surface area (Å²) in [5, 5.41) is -0.332. The second-order valence-corrected chi connectivity index (χ2v) is 11.5. The molecule has 46 heavy (non-hydrogen) atoms. The molecular formula is C33H24F4N2O6S. The molecule has 1 unspecified atom stereocenters. The number of hydrogen-bond acceptors (Lipinski definition) is 7. The molecule has 5 rings (SSSR count). The Bertz CT molecular complexity index is 2010. The predicted octanol–water partition coefficient (Wildman–Crippen LogP) is 7.21. The molecule has 236 valence electrons. The van der Waals surface area contributed by atoms with Crippen molar-refractivity contribution in [2.24, 2.45) is 0 Å². The molecular weight excluding hydrogens is 628 g/mol. The molecule has 0 fully saturated rings. The number of benzene rings is 3. The zero-order chi connectivity index (χ0) is 33.2. The van der Waals surface area contributed by atoms with Gasteiger partial charge in [-0.15, -0.1) is 0 Å². The molecule has 0 bridgehead atoms. The first kappa shape index (κ1) is 32.1. The molecule has 0 N–H and O–H groups in total. The van der Waals surface area contributed by atoms with E-state index in [0.717, 1.165) is 12.1 Å². The molecule has 0 radical (unpaired) electrons. The first-order chi connectivity index (χ1) is 21.9. The number of imide groups is 1. The number of fused-ring (bicyclic) bond motifs is 2. The van der Waals surface area contributed by atoms with Crippen molar-refractivity contribution in [1.29, 1.82) is 0 Å². The lowest BCUT2D eigenvalue weighted by Crippen LogP contribution is -2.30. The van der Waals surface area contributed by atoms with Crippen LogP contribution in [0, 0.1) is 5.82 Å². The highest BCUT2D eigenvalue weighted by molar-refractivity contribution is 7.88. The number of rotatable bonds is 10. The summed E-state index contributed by atoms with van der Waals surface area (Å²) in [6.07, 6.45) is 6.89. The summed E-state index contributed by atoms with van der Waals surface area (Å²) in [4.78, 5) is 32.8. The molecule has 13 heteroatoms. The van der Waals surface area contributed by atoms with Crippen LogP contribution in [0.4, 0.5) is 17.6 Å². The van der Waals surface area contributed by atoms with Gasteiger partial charge in [0.1, 0.15) is 28.6 Å². The Hall–Kier alpha value is -5.30. The van der Waals surface area contributed by atoms with Crippen LogP contribution < -0.4 is 8.92 Å². The Labute approximate surface area is 261 Å². The normalized spacial score (nSPS) is 14.5. The minimum absolute atomic E-state index is 0.238. The number of halogens is 4. The highest BCUT2D eigenvalue weighted by Crippen LogP contribution is 2.47. The Morgan fingerprint density at radius 1 is 0.978 bits per heavy atom. The predicted molar refractivity (Wildman–Crippen MR) is 161 cm³/mol. The number of allylic oxidation sites excluding steroid dienone is 3. The van der Waals surface area contributed by atoms with Crippen LogP contribution in [-0.2, 0) is 16.7 Å². The van der Waals surface area contributed by atoms with Crippen LogP contribution in [-0.4, -0.2) is 35.6 Å². The maximum atomic E-state index is 14.0. The molecule has 1 aliphatic rings. The molecule has 4 aromatic rings. The molecule has 2 heterocycles. The summed E-state index contributed by atoms with van der Waals surface area (Å²) < 4.78 is 89.8. The summed E-state index contributed by atoms with van der Waals surface area (Å²) in [7, 11) is -6.31. The molecule has 0 aliphatic carbocycles. The summed E-state index contributed by atoms with van der Waals surface area (Å²) in [5.41, 5.74) is -5.98. The lowest BCUT2D eigenvalue weighted by atomic mass is 9.98. The van der Waals surface area contributed by atoms with Crippen molar-refractivity contribution in [3.63, 3.8) is 0 Å². The van der Waals surface area contributed by atoms with E-state index in [-0.39, 0.29) is 16.7 Å². The topological polar surface area (TPSA) is 103 Å². The summed E-state index contributed by atoms with van der Waals surface area (Å²) in [5.74, 6) is -4.08. The number of carbonyl (C=O) groups is 2. The number of amides is 2. The van der Waals surface area contributed by atoms with E-state index < -0.39 is 62.8 Å². The van der Waals surface area contributed by atoms with Gasteiger partial charge in [-0.05, 0) is 47.9 Å². The van der Waals surface area contributed by atoms with Crippen LogP contribution in [0.1, 0.15) is 44.9 Å². The maximum absolute atomic E-state index is 14.0. The Morgan fingerprint density at radius 3 is 2.24 bits per heavy atom. The van der Waals surface area contributed by atoms with Crippen LogP contribution in [0.25, 0.3) is 10.9 Å². The van der Waals surface area contributed by atoms with Gasteiger partial charge in [0.25, 0.3) is 11.8 Å². The van der Waals surface area contributed by atoms with Crippen molar-refractivity contribution in [3.8, 4) is 11.5 Å².